The van der Waals surface area contributed by atoms with Gasteiger partial charge in [-0.2, -0.15) is 4.73 Å². The third-order valence-electron chi connectivity index (χ3n) is 3.96. The van der Waals surface area contributed by atoms with Crippen molar-refractivity contribution in [2.24, 2.45) is 0 Å². The molecule has 0 bridgehead atoms. The van der Waals surface area contributed by atoms with Gasteiger partial charge in [0, 0.05) is 24.8 Å². The van der Waals surface area contributed by atoms with Crippen LogP contribution in [0.3, 0.4) is 0 Å². The molecule has 1 N–H and O–H groups in total. The molecule has 0 aliphatic heterocycles. The number of benzene rings is 1. The second-order valence-corrected chi connectivity index (χ2v) is 5.64. The fourth-order valence-electron chi connectivity index (χ4n) is 3.09. The van der Waals surface area contributed by atoms with Crippen LogP contribution in [0.1, 0.15) is 50.3 Å². The van der Waals surface area contributed by atoms with Gasteiger partial charge in [-0.1, -0.05) is 12.1 Å². The van der Waals surface area contributed by atoms with Crippen LogP contribution in [-0.2, 0) is 19.1 Å². The Bertz CT molecular complexity index is 888. The minimum atomic E-state index is -0.815. The van der Waals surface area contributed by atoms with Crippen LogP contribution in [0, 0.1) is 4.91 Å². The van der Waals surface area contributed by atoms with Gasteiger partial charge in [0.15, 0.2) is 23.4 Å². The average Bonchev–Trinajstić information content (AvgIpc) is 2.53. The second kappa shape index (κ2) is 5.95. The lowest BCUT2D eigenvalue weighted by atomic mass is 9.94. The molecule has 8 heteroatoms. The Morgan fingerprint density at radius 2 is 1.71 bits per heavy atom. The molecule has 2 aromatic rings. The number of carbonyl (C=O) groups excluding carboxylic acids is 2. The van der Waals surface area contributed by atoms with Crippen LogP contribution in [0.25, 0.3) is 11.0 Å². The predicted octanol–water partition coefficient (Wildman–Crippen LogP) is 1.80. The summed E-state index contributed by atoms with van der Waals surface area (Å²) in [6.07, 6.45) is -0.974. The summed E-state index contributed by atoms with van der Waals surface area (Å²) < 4.78 is 11.9. The SMILES string of the molecule is CC(=O)O[C@@H]1CC[C@@H](OC(C)=O)c2c1n(O)c1ccccc1[n+]2=O. The van der Waals surface area contributed by atoms with Gasteiger partial charge in [-0.15, -0.1) is 0 Å². The van der Waals surface area contributed by atoms with E-state index < -0.39 is 24.1 Å². The van der Waals surface area contributed by atoms with E-state index in [0.29, 0.717) is 17.3 Å². The number of ether oxygens (including phenoxy) is 2. The van der Waals surface area contributed by atoms with Crippen molar-refractivity contribution in [2.75, 3.05) is 0 Å². The Morgan fingerprint density at radius 3 is 2.38 bits per heavy atom. The first-order valence-corrected chi connectivity index (χ1v) is 7.54. The molecule has 0 amide bonds. The maximum atomic E-state index is 12.8. The van der Waals surface area contributed by atoms with E-state index in [1.54, 1.807) is 24.3 Å². The molecule has 1 aromatic carbocycles. The van der Waals surface area contributed by atoms with E-state index in [4.69, 9.17) is 9.47 Å². The summed E-state index contributed by atoms with van der Waals surface area (Å²) in [5.74, 6) is -1.06. The van der Waals surface area contributed by atoms with Crippen LogP contribution >= 0.6 is 0 Å². The van der Waals surface area contributed by atoms with E-state index >= 15 is 0 Å². The minimum Gasteiger partial charge on any atom is -0.456 e. The predicted molar refractivity (Wildman–Crippen MR) is 80.7 cm³/mol. The molecule has 0 unspecified atom stereocenters. The summed E-state index contributed by atoms with van der Waals surface area (Å²) in [7, 11) is 0. The molecule has 0 spiro atoms. The first-order chi connectivity index (χ1) is 11.4. The molecule has 24 heavy (non-hydrogen) atoms. The van der Waals surface area contributed by atoms with Crippen molar-refractivity contribution in [1.29, 1.82) is 0 Å². The first kappa shape index (κ1) is 16.0. The maximum Gasteiger partial charge on any atom is 0.307 e. The van der Waals surface area contributed by atoms with Crippen molar-refractivity contribution < 1.29 is 28.7 Å². The number of fused-ring (bicyclic) bond motifs is 2. The standard InChI is InChI=1S/C16H17N2O6/c1-9(19)23-13-7-8-14(24-10(2)20)16-15(13)17(21)11-5-3-4-6-12(11)18(16)22/h3-6,13-14,21H,7-8H2,1-2H3/q+1/t13-,14-/m1/s1. The third kappa shape index (κ3) is 2.60. The molecule has 1 aliphatic rings. The van der Waals surface area contributed by atoms with Crippen LogP contribution in [0.5, 0.6) is 0 Å². The summed E-state index contributed by atoms with van der Waals surface area (Å²) in [6.45, 7) is 2.51. The van der Waals surface area contributed by atoms with Gasteiger partial charge in [0.1, 0.15) is 0 Å². The van der Waals surface area contributed by atoms with E-state index in [0.717, 1.165) is 4.73 Å². The molecule has 1 aliphatic carbocycles. The van der Waals surface area contributed by atoms with Gasteiger partial charge in [0.2, 0.25) is 0 Å². The number of nitrogens with zero attached hydrogens (tertiary/aromatic N) is 2. The van der Waals surface area contributed by atoms with Gasteiger partial charge in [-0.25, -0.2) is 0 Å². The molecule has 2 atom stereocenters. The van der Waals surface area contributed by atoms with Gasteiger partial charge in [0.05, 0.1) is 4.43 Å². The monoisotopic (exact) mass is 333 g/mol. The number of para-hydroxylation sites is 2. The summed E-state index contributed by atoms with van der Waals surface area (Å²) in [6, 6.07) is 6.46. The number of aromatic nitrogens is 2. The average molecular weight is 333 g/mol. The van der Waals surface area contributed by atoms with E-state index in [2.05, 4.69) is 0 Å². The zero-order chi connectivity index (χ0) is 17.4. The van der Waals surface area contributed by atoms with Gasteiger partial charge < -0.3 is 14.7 Å². The van der Waals surface area contributed by atoms with Gasteiger partial charge in [-0.05, 0) is 18.9 Å². The third-order valence-corrected chi connectivity index (χ3v) is 3.96. The normalized spacial score (nSPS) is 19.6. The molecule has 8 nitrogen and oxygen atoms in total. The molecule has 126 valence electrons. The Labute approximate surface area is 136 Å². The second-order valence-electron chi connectivity index (χ2n) is 5.64. The van der Waals surface area contributed by atoms with Crippen LogP contribution in [0.4, 0.5) is 0 Å². The van der Waals surface area contributed by atoms with Crippen LogP contribution in [-0.4, -0.2) is 21.9 Å². The van der Waals surface area contributed by atoms with E-state index in [1.807, 2.05) is 0 Å². The fraction of sp³-hybridized carbons (Fsp3) is 0.375. The molecule has 0 saturated heterocycles. The molecule has 3 rings (SSSR count). The summed E-state index contributed by atoms with van der Waals surface area (Å²) in [4.78, 5) is 35.5. The number of esters is 2. The maximum absolute atomic E-state index is 12.8. The number of hydrogen-bond acceptors (Lipinski definition) is 6. The Balaban J connectivity index is 2.30. The molecule has 0 radical (unpaired) electrons. The smallest absolute Gasteiger partial charge is 0.307 e. The summed E-state index contributed by atoms with van der Waals surface area (Å²) in [5.41, 5.74) is 0.687. The number of carbonyl (C=O) groups is 2. The Hall–Kier alpha value is -2.90. The molecular formula is C16H17N2O6+. The summed E-state index contributed by atoms with van der Waals surface area (Å²) in [5, 5.41) is 10.6. The van der Waals surface area contributed by atoms with Crippen molar-refractivity contribution in [2.45, 2.75) is 38.9 Å². The molecule has 0 saturated carbocycles. The fourth-order valence-corrected chi connectivity index (χ4v) is 3.09. The van der Waals surface area contributed by atoms with E-state index in [9.17, 15) is 19.7 Å². The highest BCUT2D eigenvalue weighted by Gasteiger charge is 2.43. The molecule has 0 fully saturated rings. The quantitative estimate of drug-likeness (QED) is 0.511. The number of rotatable bonds is 2. The molecule has 1 heterocycles. The van der Waals surface area contributed by atoms with Gasteiger partial charge in [0.25, 0.3) is 5.52 Å². The lowest BCUT2D eigenvalue weighted by Crippen LogP contribution is -2.36. The van der Waals surface area contributed by atoms with Gasteiger partial charge >= 0.3 is 17.6 Å². The van der Waals surface area contributed by atoms with Crippen molar-refractivity contribution >= 4 is 23.0 Å². The zero-order valence-electron chi connectivity index (χ0n) is 13.3. The highest BCUT2D eigenvalue weighted by atomic mass is 16.6. The minimum absolute atomic E-state index is 0.0731. The highest BCUT2D eigenvalue weighted by Crippen LogP contribution is 2.39. The van der Waals surface area contributed by atoms with E-state index in [1.165, 1.54) is 13.8 Å². The molecule has 1 aromatic heterocycles. The summed E-state index contributed by atoms with van der Waals surface area (Å²) >= 11 is 0. The van der Waals surface area contributed by atoms with Crippen molar-refractivity contribution in [3.8, 4) is 0 Å². The van der Waals surface area contributed by atoms with Crippen molar-refractivity contribution in [3.05, 3.63) is 40.6 Å². The Morgan fingerprint density at radius 1 is 1.12 bits per heavy atom. The zero-order valence-corrected chi connectivity index (χ0v) is 13.3. The topological polar surface area (TPSA) is 101 Å². The molecular weight excluding hydrogens is 316 g/mol. The number of hydrogen-bond donors (Lipinski definition) is 1. The largest absolute Gasteiger partial charge is 0.456 e. The van der Waals surface area contributed by atoms with Crippen molar-refractivity contribution in [1.82, 2.24) is 4.73 Å². The highest BCUT2D eigenvalue weighted by molar-refractivity contribution is 5.72. The van der Waals surface area contributed by atoms with Gasteiger partial charge in [-0.3, -0.25) is 9.59 Å². The van der Waals surface area contributed by atoms with E-state index in [-0.39, 0.29) is 22.4 Å². The van der Waals surface area contributed by atoms with Crippen molar-refractivity contribution in [3.63, 3.8) is 0 Å². The lowest BCUT2D eigenvalue weighted by molar-refractivity contribution is -0.485. The van der Waals surface area contributed by atoms with Crippen LogP contribution in [0.2, 0.25) is 0 Å². The Kier molecular flexibility index (Phi) is 3.96. The van der Waals surface area contributed by atoms with Crippen LogP contribution < -0.4 is 4.43 Å². The lowest BCUT2D eigenvalue weighted by Gasteiger charge is -2.27. The van der Waals surface area contributed by atoms with Crippen LogP contribution in [0.15, 0.2) is 24.3 Å². The first-order valence-electron chi connectivity index (χ1n) is 7.54.